The zero-order valence-electron chi connectivity index (χ0n) is 12.5. The zero-order valence-corrected chi connectivity index (χ0v) is 14.8. The fourth-order valence-corrected chi connectivity index (χ4v) is 2.87. The Bertz CT molecular complexity index is 523. The van der Waals surface area contributed by atoms with E-state index in [4.69, 9.17) is 36.1 Å². The van der Waals surface area contributed by atoms with Crippen LogP contribution in [0.1, 0.15) is 19.3 Å². The van der Waals surface area contributed by atoms with Crippen molar-refractivity contribution < 1.29 is 24.5 Å². The molecule has 1 saturated heterocycles. The lowest BCUT2D eigenvalue weighted by Crippen LogP contribution is -2.21. The summed E-state index contributed by atoms with van der Waals surface area (Å²) in [6.07, 6.45) is 3.78. The second-order valence-electron chi connectivity index (χ2n) is 4.94. The van der Waals surface area contributed by atoms with E-state index in [2.05, 4.69) is 20.8 Å². The number of hydrogen-bond acceptors (Lipinski definition) is 4. The highest BCUT2D eigenvalue weighted by atomic mass is 79.9. The van der Waals surface area contributed by atoms with E-state index in [9.17, 15) is 0 Å². The van der Waals surface area contributed by atoms with E-state index in [1.807, 2.05) is 18.2 Å². The van der Waals surface area contributed by atoms with Gasteiger partial charge in [0, 0.05) is 11.6 Å². The van der Waals surface area contributed by atoms with E-state index in [0.717, 1.165) is 34.8 Å². The fraction of sp³-hybridized carbons (Fsp3) is 0.467. The third-order valence-corrected chi connectivity index (χ3v) is 4.01. The van der Waals surface area contributed by atoms with Gasteiger partial charge in [-0.05, 0) is 66.5 Å². The predicted octanol–water partition coefficient (Wildman–Crippen LogP) is 3.12. The molecule has 128 valence electrons. The molecule has 8 heteroatoms. The zero-order chi connectivity index (χ0) is 17.2. The summed E-state index contributed by atoms with van der Waals surface area (Å²) in [5.74, 6) is -2.78. The number of carbonyl (C=O) groups is 2. The summed E-state index contributed by atoms with van der Waals surface area (Å²) in [6.45, 7) is 4.41. The minimum atomic E-state index is -1.82. The maximum atomic E-state index is 9.10. The van der Waals surface area contributed by atoms with Gasteiger partial charge in [-0.3, -0.25) is 0 Å². The second kappa shape index (κ2) is 10.5. The van der Waals surface area contributed by atoms with E-state index < -0.39 is 11.9 Å². The maximum Gasteiger partial charge on any atom is 0.414 e. The highest BCUT2D eigenvalue weighted by Crippen LogP contribution is 2.28. The molecule has 0 unspecified atom stereocenters. The van der Waals surface area contributed by atoms with Crippen LogP contribution in [0.25, 0.3) is 0 Å². The average Bonchev–Trinajstić information content (AvgIpc) is 2.99. The molecule has 0 radical (unpaired) electrons. The number of rotatable bonds is 5. The summed E-state index contributed by atoms with van der Waals surface area (Å²) in [5, 5.41) is 15.5. The molecule has 1 aromatic rings. The molecule has 1 aliphatic rings. The average molecular weight is 409 g/mol. The summed E-state index contributed by atoms with van der Waals surface area (Å²) in [4.78, 5) is 20.7. The van der Waals surface area contributed by atoms with Crippen LogP contribution in [0.5, 0.6) is 5.75 Å². The highest BCUT2D eigenvalue weighted by Gasteiger charge is 2.10. The molecule has 0 aliphatic carbocycles. The molecule has 1 fully saturated rings. The Morgan fingerprint density at radius 1 is 1.22 bits per heavy atom. The molecule has 1 aromatic carbocycles. The summed E-state index contributed by atoms with van der Waals surface area (Å²) < 4.78 is 6.64. The van der Waals surface area contributed by atoms with Crippen molar-refractivity contribution in [2.75, 3.05) is 26.2 Å². The van der Waals surface area contributed by atoms with Gasteiger partial charge in [-0.15, -0.1) is 0 Å². The Morgan fingerprint density at radius 2 is 1.83 bits per heavy atom. The molecule has 1 aliphatic heterocycles. The lowest BCUT2D eigenvalue weighted by atomic mass is 10.3. The van der Waals surface area contributed by atoms with E-state index in [-0.39, 0.29) is 0 Å². The number of ether oxygens (including phenoxy) is 1. The van der Waals surface area contributed by atoms with Gasteiger partial charge < -0.3 is 19.8 Å². The largest absolute Gasteiger partial charge is 0.492 e. The van der Waals surface area contributed by atoms with Crippen molar-refractivity contribution in [2.24, 2.45) is 0 Å². The molecule has 23 heavy (non-hydrogen) atoms. The van der Waals surface area contributed by atoms with Crippen molar-refractivity contribution in [1.82, 2.24) is 4.90 Å². The van der Waals surface area contributed by atoms with Gasteiger partial charge in [0.25, 0.3) is 0 Å². The number of carboxylic acid groups (broad SMARTS) is 2. The third-order valence-electron chi connectivity index (χ3n) is 3.15. The monoisotopic (exact) mass is 407 g/mol. The SMILES string of the molecule is Clc1ccc(OCCCN2CCCC2)c(Br)c1.O=C(O)C(=O)O. The Labute approximate surface area is 148 Å². The van der Waals surface area contributed by atoms with E-state index in [0.29, 0.717) is 0 Å². The topological polar surface area (TPSA) is 87.1 Å². The summed E-state index contributed by atoms with van der Waals surface area (Å²) in [5.41, 5.74) is 0. The smallest absolute Gasteiger partial charge is 0.414 e. The Morgan fingerprint density at radius 3 is 2.35 bits per heavy atom. The molecule has 6 nitrogen and oxygen atoms in total. The van der Waals surface area contributed by atoms with Gasteiger partial charge >= 0.3 is 11.9 Å². The number of likely N-dealkylation sites (tertiary alicyclic amines) is 1. The lowest BCUT2D eigenvalue weighted by molar-refractivity contribution is -0.159. The Balaban J connectivity index is 0.000000379. The number of benzene rings is 1. The van der Waals surface area contributed by atoms with Crippen molar-refractivity contribution in [3.63, 3.8) is 0 Å². The molecule has 0 saturated carbocycles. The lowest BCUT2D eigenvalue weighted by Gasteiger charge is -2.14. The van der Waals surface area contributed by atoms with Gasteiger partial charge in [-0.1, -0.05) is 11.6 Å². The first-order valence-corrected chi connectivity index (χ1v) is 8.33. The molecule has 0 amide bonds. The van der Waals surface area contributed by atoms with Gasteiger partial charge in [-0.25, -0.2) is 9.59 Å². The maximum absolute atomic E-state index is 9.10. The quantitative estimate of drug-likeness (QED) is 0.575. The Hall–Kier alpha value is -1.31. The molecule has 0 spiro atoms. The molecule has 2 rings (SSSR count). The molecule has 0 bridgehead atoms. The van der Waals surface area contributed by atoms with E-state index in [1.54, 1.807) is 0 Å². The van der Waals surface area contributed by atoms with Crippen molar-refractivity contribution in [3.05, 3.63) is 27.7 Å². The molecule has 0 aromatic heterocycles. The van der Waals surface area contributed by atoms with Crippen LogP contribution in [0.3, 0.4) is 0 Å². The number of halogens is 2. The van der Waals surface area contributed by atoms with Crippen molar-refractivity contribution in [3.8, 4) is 5.75 Å². The number of nitrogens with zero attached hydrogens (tertiary/aromatic N) is 1. The normalized spacial score (nSPS) is 14.0. The predicted molar refractivity (Wildman–Crippen MR) is 90.2 cm³/mol. The number of hydrogen-bond donors (Lipinski definition) is 2. The molecular weight excluding hydrogens is 390 g/mol. The minimum Gasteiger partial charge on any atom is -0.492 e. The van der Waals surface area contributed by atoms with Crippen LogP contribution in [-0.2, 0) is 9.59 Å². The van der Waals surface area contributed by atoms with Crippen LogP contribution >= 0.6 is 27.5 Å². The van der Waals surface area contributed by atoms with Crippen molar-refractivity contribution in [2.45, 2.75) is 19.3 Å². The first kappa shape index (κ1) is 19.7. The van der Waals surface area contributed by atoms with Crippen LogP contribution < -0.4 is 4.74 Å². The van der Waals surface area contributed by atoms with Crippen molar-refractivity contribution >= 4 is 39.5 Å². The number of carboxylic acids is 2. The van der Waals surface area contributed by atoms with Gasteiger partial charge in [-0.2, -0.15) is 0 Å². The van der Waals surface area contributed by atoms with E-state index in [1.165, 1.54) is 25.9 Å². The summed E-state index contributed by atoms with van der Waals surface area (Å²) in [6, 6.07) is 5.61. The molecule has 1 heterocycles. The first-order chi connectivity index (χ1) is 10.9. The highest BCUT2D eigenvalue weighted by molar-refractivity contribution is 9.10. The van der Waals surface area contributed by atoms with Crippen LogP contribution in [0.4, 0.5) is 0 Å². The third kappa shape index (κ3) is 8.20. The number of aliphatic carboxylic acids is 2. The van der Waals surface area contributed by atoms with Crippen molar-refractivity contribution in [1.29, 1.82) is 0 Å². The second-order valence-corrected chi connectivity index (χ2v) is 6.23. The van der Waals surface area contributed by atoms with Crippen LogP contribution in [-0.4, -0.2) is 53.3 Å². The first-order valence-electron chi connectivity index (χ1n) is 7.16. The molecule has 2 N–H and O–H groups in total. The van der Waals surface area contributed by atoms with Crippen LogP contribution in [0.15, 0.2) is 22.7 Å². The van der Waals surface area contributed by atoms with Crippen LogP contribution in [0.2, 0.25) is 5.02 Å². The minimum absolute atomic E-state index is 0.723. The molecular formula is C15H19BrClNO5. The standard InChI is InChI=1S/C13H17BrClNO.C2H2O4/c14-12-10-11(15)4-5-13(12)17-9-3-8-16-6-1-2-7-16;3-1(4)2(5)6/h4-5,10H,1-3,6-9H2;(H,3,4)(H,5,6). The summed E-state index contributed by atoms with van der Waals surface area (Å²) in [7, 11) is 0. The fourth-order valence-electron chi connectivity index (χ4n) is 2.07. The molecule has 0 atom stereocenters. The Kier molecular flexibility index (Phi) is 8.98. The van der Waals surface area contributed by atoms with Gasteiger partial charge in [0.05, 0.1) is 11.1 Å². The van der Waals surface area contributed by atoms with Gasteiger partial charge in [0.15, 0.2) is 0 Å². The van der Waals surface area contributed by atoms with Gasteiger partial charge in [0.2, 0.25) is 0 Å². The van der Waals surface area contributed by atoms with Crippen LogP contribution in [0, 0.1) is 0 Å². The summed E-state index contributed by atoms with van der Waals surface area (Å²) >= 11 is 9.32. The van der Waals surface area contributed by atoms with Gasteiger partial charge in [0.1, 0.15) is 5.75 Å². The van der Waals surface area contributed by atoms with E-state index >= 15 is 0 Å².